The van der Waals surface area contributed by atoms with E-state index in [0.717, 1.165) is 6.92 Å². The molecule has 8 rings (SSSR count). The number of aliphatic hydroxyl groups is 3. The molecule has 0 unspecified atom stereocenters. The summed E-state index contributed by atoms with van der Waals surface area (Å²) in [6, 6.07) is 28.8. The fraction of sp³-hybridized carbons (Fsp3) is 0.385. The molecule has 0 aromatic heterocycles. The van der Waals surface area contributed by atoms with Gasteiger partial charge < -0.3 is 50.1 Å². The normalized spacial score (nSPS) is 30.0. The number of carbonyl (C=O) groups excluding carboxylic acids is 6. The number of para-hydroxylation sites is 1. The van der Waals surface area contributed by atoms with Crippen molar-refractivity contribution >= 4 is 41.3 Å². The molecule has 1 aliphatic heterocycles. The van der Waals surface area contributed by atoms with Crippen LogP contribution in [0, 0.1) is 16.7 Å². The molecular weight excluding hydrogens is 877 g/mol. The van der Waals surface area contributed by atoms with Gasteiger partial charge in [0.2, 0.25) is 0 Å². The highest BCUT2D eigenvalue weighted by Gasteiger charge is 2.78. The summed E-state index contributed by atoms with van der Waals surface area (Å²) in [6.45, 7) is 6.80. The van der Waals surface area contributed by atoms with Crippen molar-refractivity contribution in [2.75, 3.05) is 12.3 Å². The fourth-order valence-electron chi connectivity index (χ4n) is 10.9. The Kier molecular flexibility index (Phi) is 12.7. The summed E-state index contributed by atoms with van der Waals surface area (Å²) in [5, 5.41) is 40.9. The summed E-state index contributed by atoms with van der Waals surface area (Å²) < 4.78 is 30.9. The van der Waals surface area contributed by atoms with E-state index in [1.807, 2.05) is 0 Å². The summed E-state index contributed by atoms with van der Waals surface area (Å²) in [6.07, 6.45) is -11.0. The van der Waals surface area contributed by atoms with Gasteiger partial charge in [0, 0.05) is 36.4 Å². The number of carbonyl (C=O) groups is 6. The zero-order valence-corrected chi connectivity index (χ0v) is 38.1. The van der Waals surface area contributed by atoms with Gasteiger partial charge in [-0.3, -0.25) is 14.4 Å². The van der Waals surface area contributed by atoms with Gasteiger partial charge in [0.25, 0.3) is 5.91 Å². The maximum Gasteiger partial charge on any atom is 0.341 e. The molecule has 4 aromatic carbocycles. The van der Waals surface area contributed by atoms with E-state index in [-0.39, 0.29) is 46.6 Å². The van der Waals surface area contributed by atoms with E-state index >= 15 is 4.79 Å². The molecule has 2 saturated carbocycles. The quantitative estimate of drug-likeness (QED) is 0.0597. The van der Waals surface area contributed by atoms with Crippen LogP contribution in [0.25, 0.3) is 0 Å². The van der Waals surface area contributed by atoms with Gasteiger partial charge in [-0.1, -0.05) is 92.7 Å². The molecule has 6 N–H and O–H groups in total. The summed E-state index contributed by atoms with van der Waals surface area (Å²) >= 11 is 0. The number of nitrogens with one attached hydrogen (secondary N) is 1. The lowest BCUT2D eigenvalue weighted by atomic mass is 9.44. The van der Waals surface area contributed by atoms with Crippen LogP contribution in [0.3, 0.4) is 0 Å². The van der Waals surface area contributed by atoms with Gasteiger partial charge in [-0.2, -0.15) is 0 Å². The predicted octanol–water partition coefficient (Wildman–Crippen LogP) is 4.61. The zero-order chi connectivity index (χ0) is 48.9. The number of fused-ring (bicyclic) bond motifs is 5. The van der Waals surface area contributed by atoms with Crippen LogP contribution >= 0.6 is 0 Å². The minimum atomic E-state index is -2.46. The molecule has 2 bridgehead atoms. The van der Waals surface area contributed by atoms with Gasteiger partial charge in [-0.25, -0.2) is 14.4 Å². The van der Waals surface area contributed by atoms with Crippen molar-refractivity contribution in [2.24, 2.45) is 16.7 Å². The van der Waals surface area contributed by atoms with Crippen LogP contribution in [0.5, 0.6) is 0 Å². The molecule has 4 aromatic rings. The smallest absolute Gasteiger partial charge is 0.341 e. The van der Waals surface area contributed by atoms with Crippen LogP contribution in [0.4, 0.5) is 5.69 Å². The second-order valence-corrected chi connectivity index (χ2v) is 18.7. The molecule has 1 saturated heterocycles. The van der Waals surface area contributed by atoms with Crippen molar-refractivity contribution in [3.8, 4) is 0 Å². The summed E-state index contributed by atoms with van der Waals surface area (Å²) in [7, 11) is 0. The number of ketones is 1. The van der Waals surface area contributed by atoms with Crippen molar-refractivity contribution in [1.82, 2.24) is 5.32 Å². The Hall–Kier alpha value is -6.72. The summed E-state index contributed by atoms with van der Waals surface area (Å²) in [5.74, 6) is -7.21. The minimum absolute atomic E-state index is 0.0203. The molecule has 1 heterocycles. The number of benzene rings is 4. The summed E-state index contributed by atoms with van der Waals surface area (Å²) in [5.41, 5.74) is -1.35. The Morgan fingerprint density at radius 3 is 1.99 bits per heavy atom. The molecular formula is C52H54N2O14. The third-order valence-corrected chi connectivity index (χ3v) is 14.6. The van der Waals surface area contributed by atoms with Gasteiger partial charge in [0.1, 0.15) is 23.9 Å². The molecule has 356 valence electrons. The van der Waals surface area contributed by atoms with E-state index in [0.29, 0.717) is 5.56 Å². The van der Waals surface area contributed by atoms with Gasteiger partial charge in [-0.05, 0) is 67.0 Å². The van der Waals surface area contributed by atoms with E-state index in [1.54, 1.807) is 105 Å². The summed E-state index contributed by atoms with van der Waals surface area (Å²) in [4.78, 5) is 86.0. The van der Waals surface area contributed by atoms with Crippen molar-refractivity contribution in [1.29, 1.82) is 0 Å². The van der Waals surface area contributed by atoms with Crippen LogP contribution in [-0.4, -0.2) is 105 Å². The second kappa shape index (κ2) is 18.1. The van der Waals surface area contributed by atoms with E-state index < -0.39 is 113 Å². The number of ether oxygens (including phenoxy) is 5. The topological polar surface area (TPSA) is 247 Å². The first-order chi connectivity index (χ1) is 32.3. The van der Waals surface area contributed by atoms with Gasteiger partial charge in [0.05, 0.1) is 41.2 Å². The average molecular weight is 931 g/mol. The highest BCUT2D eigenvalue weighted by Crippen LogP contribution is 2.64. The SMILES string of the molecule is CC(=O)O[C@@]12CO[C@@H]1C[C@H](O)[C@@]1(C)C(=O)[C@H](OC(=O)c3ccccc3N)C3=C(C)[C@@H](OC(=O)[C@H](O)[C@@H](NC(=O)c4ccccc4)c4ccccc4)C[C@@](O)([C@@H](OC(=O)c4ccccc4)[C@H]21)C3(C)C. The number of nitrogens with two attached hydrogens (primary N) is 1. The molecule has 1 amide bonds. The number of amides is 1. The predicted molar refractivity (Wildman–Crippen MR) is 242 cm³/mol. The first-order valence-electron chi connectivity index (χ1n) is 22.3. The average Bonchev–Trinajstić information content (AvgIpc) is 3.32. The number of Topliss-reactive ketones (excluding diaryl/α,β-unsaturated/α-hetero) is 1. The van der Waals surface area contributed by atoms with E-state index in [2.05, 4.69) is 5.32 Å². The van der Waals surface area contributed by atoms with Crippen molar-refractivity contribution in [3.63, 3.8) is 0 Å². The Balaban J connectivity index is 1.31. The Bertz CT molecular complexity index is 2660. The fourth-order valence-corrected chi connectivity index (χ4v) is 10.9. The lowest BCUT2D eigenvalue weighted by molar-refractivity contribution is -0.345. The van der Waals surface area contributed by atoms with Gasteiger partial charge in [0.15, 0.2) is 23.6 Å². The first-order valence-corrected chi connectivity index (χ1v) is 22.3. The maximum absolute atomic E-state index is 16.0. The van der Waals surface area contributed by atoms with Crippen LogP contribution < -0.4 is 11.1 Å². The van der Waals surface area contributed by atoms with Gasteiger partial charge in [-0.15, -0.1) is 0 Å². The van der Waals surface area contributed by atoms with E-state index in [4.69, 9.17) is 29.4 Å². The Labute approximate surface area is 392 Å². The molecule has 4 aliphatic rings. The molecule has 3 aliphatic carbocycles. The number of esters is 4. The third-order valence-electron chi connectivity index (χ3n) is 14.6. The van der Waals surface area contributed by atoms with Crippen LogP contribution in [0.15, 0.2) is 126 Å². The van der Waals surface area contributed by atoms with Crippen molar-refractivity contribution in [3.05, 3.63) is 149 Å². The molecule has 3 fully saturated rings. The lowest BCUT2D eigenvalue weighted by Crippen LogP contribution is -2.82. The zero-order valence-electron chi connectivity index (χ0n) is 38.1. The molecule has 0 spiro atoms. The molecule has 11 atom stereocenters. The lowest BCUT2D eigenvalue weighted by Gasteiger charge is -2.67. The molecule has 68 heavy (non-hydrogen) atoms. The number of hydrogen-bond acceptors (Lipinski definition) is 15. The van der Waals surface area contributed by atoms with E-state index in [9.17, 15) is 39.3 Å². The Morgan fingerprint density at radius 1 is 0.809 bits per heavy atom. The van der Waals surface area contributed by atoms with E-state index in [1.165, 1.54) is 38.1 Å². The highest BCUT2D eigenvalue weighted by molar-refractivity contribution is 6.00. The largest absolute Gasteiger partial charge is 0.456 e. The number of nitrogen functional groups attached to an aromatic ring is 1. The van der Waals surface area contributed by atoms with Crippen LogP contribution in [-0.2, 0) is 38.1 Å². The monoisotopic (exact) mass is 930 g/mol. The number of rotatable bonds is 11. The number of aliphatic hydroxyl groups excluding tert-OH is 2. The van der Waals surface area contributed by atoms with Crippen LogP contribution in [0.1, 0.15) is 90.1 Å². The van der Waals surface area contributed by atoms with Crippen molar-refractivity contribution < 1.29 is 67.8 Å². The standard InChI is InChI=1S/C52H54N2O14/c1-28-35(65-48(62)40(57)39(30-17-9-6-10-18-30)54-45(59)31-19-11-7-12-20-31)26-52(63)44(67-46(60)32-21-13-8-14-22-32)42-50(5,36(56)25-37-51(42,27-64-37)68-29(2)55)43(58)41(38(28)49(52,3)4)66-47(61)33-23-15-16-24-34(33)53/h6-24,35-37,39-42,44,56-57,63H,25-27,53H2,1-5H3,(H,54,59)/t35-,36-,37+,39-,40+,41+,42-,44-,50+,51-,52+/m0/s1. The minimum Gasteiger partial charge on any atom is -0.456 e. The maximum atomic E-state index is 16.0. The molecule has 16 nitrogen and oxygen atoms in total. The molecule has 16 heteroatoms. The van der Waals surface area contributed by atoms with Gasteiger partial charge >= 0.3 is 23.9 Å². The third kappa shape index (κ3) is 7.94. The van der Waals surface area contributed by atoms with Crippen LogP contribution in [0.2, 0.25) is 0 Å². The highest BCUT2D eigenvalue weighted by atomic mass is 16.6. The Morgan fingerprint density at radius 2 is 1.40 bits per heavy atom. The van der Waals surface area contributed by atoms with Crippen molar-refractivity contribution in [2.45, 2.75) is 101 Å². The first kappa shape index (κ1) is 47.8. The molecule has 0 radical (unpaired) electrons. The number of hydrogen-bond donors (Lipinski definition) is 5. The second-order valence-electron chi connectivity index (χ2n) is 18.7. The number of anilines is 1.